The Balaban J connectivity index is 3.42. The highest BCUT2D eigenvalue weighted by Gasteiger charge is 2.26. The summed E-state index contributed by atoms with van der Waals surface area (Å²) in [5.74, 6) is 0. The Hall–Kier alpha value is -0.330. The molecule has 1 atom stereocenters. The van der Waals surface area contributed by atoms with Crippen molar-refractivity contribution in [2.75, 3.05) is 26.4 Å². The summed E-state index contributed by atoms with van der Waals surface area (Å²) in [6.07, 6.45) is -5.41. The normalized spacial score (nSPS) is 14.4. The van der Waals surface area contributed by atoms with Gasteiger partial charge in [-0.25, -0.2) is 0 Å². The quantitative estimate of drug-likeness (QED) is 0.651. The molecular formula is C8H16F3NO2. The molecule has 0 amide bonds. The van der Waals surface area contributed by atoms with Gasteiger partial charge in [0.05, 0.1) is 25.7 Å². The first-order valence-electron chi connectivity index (χ1n) is 4.45. The SMILES string of the molecule is CCOC(CN)COCCC(F)(F)F. The van der Waals surface area contributed by atoms with E-state index in [1.54, 1.807) is 6.92 Å². The first-order valence-corrected chi connectivity index (χ1v) is 4.45. The number of hydrogen-bond donors (Lipinski definition) is 1. The zero-order chi connectivity index (χ0) is 11.0. The van der Waals surface area contributed by atoms with E-state index in [4.69, 9.17) is 15.2 Å². The van der Waals surface area contributed by atoms with Crippen molar-refractivity contribution in [1.29, 1.82) is 0 Å². The van der Waals surface area contributed by atoms with Crippen LogP contribution in [0.5, 0.6) is 0 Å². The molecule has 0 aliphatic carbocycles. The molecule has 3 nitrogen and oxygen atoms in total. The van der Waals surface area contributed by atoms with E-state index in [-0.39, 0.29) is 25.9 Å². The lowest BCUT2D eigenvalue weighted by atomic mass is 10.4. The highest BCUT2D eigenvalue weighted by Crippen LogP contribution is 2.18. The van der Waals surface area contributed by atoms with Gasteiger partial charge < -0.3 is 15.2 Å². The molecule has 0 aromatic carbocycles. The van der Waals surface area contributed by atoms with E-state index in [9.17, 15) is 13.2 Å². The average molecular weight is 215 g/mol. The summed E-state index contributed by atoms with van der Waals surface area (Å²) in [6.45, 7) is 2.29. The van der Waals surface area contributed by atoms with Gasteiger partial charge in [0, 0.05) is 13.2 Å². The van der Waals surface area contributed by atoms with Crippen molar-refractivity contribution in [3.8, 4) is 0 Å². The molecule has 6 heteroatoms. The van der Waals surface area contributed by atoms with Crippen LogP contribution in [0.1, 0.15) is 13.3 Å². The lowest BCUT2D eigenvalue weighted by molar-refractivity contribution is -0.147. The summed E-state index contributed by atoms with van der Waals surface area (Å²) in [4.78, 5) is 0. The third kappa shape index (κ3) is 8.28. The van der Waals surface area contributed by atoms with E-state index in [0.717, 1.165) is 0 Å². The molecule has 1 unspecified atom stereocenters. The van der Waals surface area contributed by atoms with Gasteiger partial charge in [0.25, 0.3) is 0 Å². The maximum atomic E-state index is 11.7. The molecule has 0 aromatic heterocycles. The Morgan fingerprint density at radius 3 is 2.43 bits per heavy atom. The molecule has 0 bridgehead atoms. The molecule has 0 aliphatic rings. The van der Waals surface area contributed by atoms with Crippen LogP contribution in [0.25, 0.3) is 0 Å². The fourth-order valence-electron chi connectivity index (χ4n) is 0.823. The molecule has 0 saturated carbocycles. The van der Waals surface area contributed by atoms with Crippen molar-refractivity contribution < 1.29 is 22.6 Å². The molecule has 0 rings (SSSR count). The summed E-state index contributed by atoms with van der Waals surface area (Å²) in [6, 6.07) is 0. The van der Waals surface area contributed by atoms with Gasteiger partial charge in [0.1, 0.15) is 0 Å². The molecule has 0 fully saturated rings. The Bertz CT molecular complexity index is 141. The van der Waals surface area contributed by atoms with Crippen LogP contribution in [0.15, 0.2) is 0 Å². The van der Waals surface area contributed by atoms with Crippen LogP contribution in [0.3, 0.4) is 0 Å². The van der Waals surface area contributed by atoms with Gasteiger partial charge >= 0.3 is 6.18 Å². The van der Waals surface area contributed by atoms with E-state index in [2.05, 4.69) is 0 Å². The maximum Gasteiger partial charge on any atom is 0.391 e. The van der Waals surface area contributed by atoms with Crippen molar-refractivity contribution in [2.24, 2.45) is 5.73 Å². The Kier molecular flexibility index (Phi) is 6.86. The summed E-state index contributed by atoms with van der Waals surface area (Å²) in [7, 11) is 0. The highest BCUT2D eigenvalue weighted by molar-refractivity contribution is 4.57. The minimum absolute atomic E-state index is 0.112. The van der Waals surface area contributed by atoms with Crippen molar-refractivity contribution in [3.63, 3.8) is 0 Å². The van der Waals surface area contributed by atoms with Gasteiger partial charge in [-0.2, -0.15) is 13.2 Å². The van der Waals surface area contributed by atoms with Gasteiger partial charge in [-0.15, -0.1) is 0 Å². The van der Waals surface area contributed by atoms with Gasteiger partial charge in [-0.3, -0.25) is 0 Å². The molecule has 0 saturated heterocycles. The molecule has 0 heterocycles. The second-order valence-corrected chi connectivity index (χ2v) is 2.75. The van der Waals surface area contributed by atoms with Crippen LogP contribution in [0.4, 0.5) is 13.2 Å². The smallest absolute Gasteiger partial charge is 0.378 e. The van der Waals surface area contributed by atoms with Crippen molar-refractivity contribution in [2.45, 2.75) is 25.6 Å². The Morgan fingerprint density at radius 2 is 2.00 bits per heavy atom. The van der Waals surface area contributed by atoms with E-state index in [1.807, 2.05) is 0 Å². The second-order valence-electron chi connectivity index (χ2n) is 2.75. The molecule has 0 radical (unpaired) electrons. The summed E-state index contributed by atoms with van der Waals surface area (Å²) in [5, 5.41) is 0. The number of alkyl halides is 3. The topological polar surface area (TPSA) is 44.5 Å². The minimum atomic E-state index is -4.16. The first kappa shape index (κ1) is 13.7. The Morgan fingerprint density at radius 1 is 1.36 bits per heavy atom. The second kappa shape index (κ2) is 7.03. The molecule has 0 aromatic rings. The fraction of sp³-hybridized carbons (Fsp3) is 1.00. The number of ether oxygens (including phenoxy) is 2. The number of rotatable bonds is 7. The van der Waals surface area contributed by atoms with Crippen LogP contribution in [0, 0.1) is 0 Å². The molecule has 2 N–H and O–H groups in total. The standard InChI is InChI=1S/C8H16F3NO2/c1-2-14-7(5-12)6-13-4-3-8(9,10)11/h7H,2-6,12H2,1H3. The van der Waals surface area contributed by atoms with Gasteiger partial charge in [-0.1, -0.05) is 0 Å². The lowest BCUT2D eigenvalue weighted by Gasteiger charge is -2.15. The first-order chi connectivity index (χ1) is 6.49. The summed E-state index contributed by atoms with van der Waals surface area (Å²) in [5.41, 5.74) is 5.30. The molecular weight excluding hydrogens is 199 g/mol. The predicted molar refractivity (Wildman–Crippen MR) is 46.0 cm³/mol. The van der Waals surface area contributed by atoms with E-state index in [1.165, 1.54) is 0 Å². The van der Waals surface area contributed by atoms with Crippen LogP contribution in [0.2, 0.25) is 0 Å². The van der Waals surface area contributed by atoms with Crippen LogP contribution in [-0.4, -0.2) is 38.6 Å². The van der Waals surface area contributed by atoms with Crippen LogP contribution < -0.4 is 5.73 Å². The van der Waals surface area contributed by atoms with Gasteiger partial charge in [0.2, 0.25) is 0 Å². The lowest BCUT2D eigenvalue weighted by Crippen LogP contribution is -2.29. The molecule has 0 aliphatic heterocycles. The van der Waals surface area contributed by atoms with Gasteiger partial charge in [0.15, 0.2) is 0 Å². The zero-order valence-corrected chi connectivity index (χ0v) is 8.14. The van der Waals surface area contributed by atoms with Crippen LogP contribution >= 0.6 is 0 Å². The molecule has 86 valence electrons. The zero-order valence-electron chi connectivity index (χ0n) is 8.14. The largest absolute Gasteiger partial charge is 0.391 e. The van der Waals surface area contributed by atoms with E-state index >= 15 is 0 Å². The predicted octanol–water partition coefficient (Wildman–Crippen LogP) is 1.32. The van der Waals surface area contributed by atoms with Crippen molar-refractivity contribution >= 4 is 0 Å². The third-order valence-electron chi connectivity index (χ3n) is 1.50. The molecule has 0 spiro atoms. The van der Waals surface area contributed by atoms with Gasteiger partial charge in [-0.05, 0) is 6.92 Å². The van der Waals surface area contributed by atoms with Crippen molar-refractivity contribution in [3.05, 3.63) is 0 Å². The Labute approximate surface area is 81.4 Å². The highest BCUT2D eigenvalue weighted by atomic mass is 19.4. The van der Waals surface area contributed by atoms with E-state index < -0.39 is 12.6 Å². The summed E-state index contributed by atoms with van der Waals surface area (Å²) < 4.78 is 44.9. The number of halogens is 3. The maximum absolute atomic E-state index is 11.7. The fourth-order valence-corrected chi connectivity index (χ4v) is 0.823. The average Bonchev–Trinajstić information content (AvgIpc) is 2.08. The number of hydrogen-bond acceptors (Lipinski definition) is 3. The minimum Gasteiger partial charge on any atom is -0.378 e. The number of nitrogens with two attached hydrogens (primary N) is 1. The monoisotopic (exact) mass is 215 g/mol. The van der Waals surface area contributed by atoms with Crippen LogP contribution in [-0.2, 0) is 9.47 Å². The molecule has 14 heavy (non-hydrogen) atoms. The summed E-state index contributed by atoms with van der Waals surface area (Å²) >= 11 is 0. The van der Waals surface area contributed by atoms with E-state index in [0.29, 0.717) is 6.61 Å². The third-order valence-corrected chi connectivity index (χ3v) is 1.50. The van der Waals surface area contributed by atoms with Crippen molar-refractivity contribution in [1.82, 2.24) is 0 Å².